The molecular formula is C11H14FIN2O3S. The average Bonchev–Trinajstić information content (AvgIpc) is 2.30. The Kier molecular flexibility index (Phi) is 6.11. The van der Waals surface area contributed by atoms with Crippen molar-refractivity contribution >= 4 is 44.8 Å². The van der Waals surface area contributed by atoms with Crippen molar-refractivity contribution in [3.8, 4) is 0 Å². The number of hydrogen-bond donors (Lipinski definition) is 1. The molecule has 0 radical (unpaired) electrons. The summed E-state index contributed by atoms with van der Waals surface area (Å²) in [6.07, 6.45) is 2.19. The van der Waals surface area contributed by atoms with Crippen LogP contribution in [0.4, 0.5) is 15.8 Å². The van der Waals surface area contributed by atoms with E-state index in [1.807, 2.05) is 6.92 Å². The zero-order valence-electron chi connectivity index (χ0n) is 10.5. The van der Waals surface area contributed by atoms with Crippen molar-refractivity contribution in [1.82, 2.24) is 0 Å². The van der Waals surface area contributed by atoms with E-state index in [1.54, 1.807) is 28.8 Å². The van der Waals surface area contributed by atoms with Gasteiger partial charge in [-0.1, -0.05) is 0 Å². The molecule has 8 heteroatoms. The SMILES string of the molecule is CC(CCS(C)=O)Nc1cc(F)c(I)cc1[N+](=O)[O-]. The molecule has 0 aliphatic rings. The van der Waals surface area contributed by atoms with E-state index in [-0.39, 0.29) is 21.0 Å². The van der Waals surface area contributed by atoms with Gasteiger partial charge in [-0.3, -0.25) is 14.3 Å². The normalized spacial score (nSPS) is 13.9. The molecule has 106 valence electrons. The molecule has 1 aromatic carbocycles. The molecule has 19 heavy (non-hydrogen) atoms. The number of halogens is 2. The lowest BCUT2D eigenvalue weighted by atomic mass is 10.2. The van der Waals surface area contributed by atoms with Crippen LogP contribution in [0.3, 0.4) is 0 Å². The fourth-order valence-corrected chi connectivity index (χ4v) is 2.62. The number of hydrogen-bond acceptors (Lipinski definition) is 4. The molecule has 2 unspecified atom stereocenters. The summed E-state index contributed by atoms with van der Waals surface area (Å²) in [7, 11) is -0.915. The van der Waals surface area contributed by atoms with Gasteiger partial charge in [0.2, 0.25) is 0 Å². The quantitative estimate of drug-likeness (QED) is 0.453. The van der Waals surface area contributed by atoms with Crippen LogP contribution < -0.4 is 5.32 Å². The van der Waals surface area contributed by atoms with Crippen LogP contribution in [-0.4, -0.2) is 27.2 Å². The minimum absolute atomic E-state index is 0.123. The predicted molar refractivity (Wildman–Crippen MR) is 82.4 cm³/mol. The molecule has 5 nitrogen and oxygen atoms in total. The Morgan fingerprint density at radius 2 is 2.21 bits per heavy atom. The molecular weight excluding hydrogens is 386 g/mol. The second-order valence-electron chi connectivity index (χ2n) is 4.15. The summed E-state index contributed by atoms with van der Waals surface area (Å²) in [5.74, 6) is -0.00517. The number of nitrogens with zero attached hydrogens (tertiary/aromatic N) is 1. The van der Waals surface area contributed by atoms with E-state index < -0.39 is 21.5 Å². The number of nitro benzene ring substituents is 1. The van der Waals surface area contributed by atoms with E-state index in [0.717, 1.165) is 6.07 Å². The highest BCUT2D eigenvalue weighted by Gasteiger charge is 2.18. The lowest BCUT2D eigenvalue weighted by Gasteiger charge is -2.15. The van der Waals surface area contributed by atoms with Gasteiger partial charge in [0.15, 0.2) is 0 Å². The summed E-state index contributed by atoms with van der Waals surface area (Å²) in [4.78, 5) is 10.4. The third-order valence-electron chi connectivity index (χ3n) is 2.48. The van der Waals surface area contributed by atoms with Crippen molar-refractivity contribution in [3.05, 3.63) is 31.6 Å². The van der Waals surface area contributed by atoms with Crippen LogP contribution in [0, 0.1) is 19.5 Å². The summed E-state index contributed by atoms with van der Waals surface area (Å²) in [6, 6.07) is 2.20. The van der Waals surface area contributed by atoms with Crippen LogP contribution in [0.5, 0.6) is 0 Å². The van der Waals surface area contributed by atoms with E-state index in [0.29, 0.717) is 12.2 Å². The fraction of sp³-hybridized carbons (Fsp3) is 0.455. The first-order chi connectivity index (χ1) is 8.81. The monoisotopic (exact) mass is 400 g/mol. The van der Waals surface area contributed by atoms with Gasteiger partial charge in [-0.2, -0.15) is 0 Å². The van der Waals surface area contributed by atoms with Crippen LogP contribution in [0.25, 0.3) is 0 Å². The van der Waals surface area contributed by atoms with Crippen molar-refractivity contribution in [3.63, 3.8) is 0 Å². The predicted octanol–water partition coefficient (Wildman–Crippen LogP) is 2.91. The summed E-state index contributed by atoms with van der Waals surface area (Å²) in [5, 5.41) is 13.8. The highest BCUT2D eigenvalue weighted by Crippen LogP contribution is 2.29. The van der Waals surface area contributed by atoms with Crippen LogP contribution in [-0.2, 0) is 10.8 Å². The summed E-state index contributed by atoms with van der Waals surface area (Å²) >= 11 is 1.71. The van der Waals surface area contributed by atoms with Crippen LogP contribution >= 0.6 is 22.6 Å². The molecule has 1 rings (SSSR count). The minimum atomic E-state index is -0.915. The molecule has 1 N–H and O–H groups in total. The Balaban J connectivity index is 2.90. The zero-order chi connectivity index (χ0) is 14.6. The minimum Gasteiger partial charge on any atom is -0.377 e. The van der Waals surface area contributed by atoms with Crippen LogP contribution in [0.2, 0.25) is 0 Å². The summed E-state index contributed by atoms with van der Waals surface area (Å²) < 4.78 is 24.7. The number of benzene rings is 1. The van der Waals surface area contributed by atoms with Crippen molar-refractivity contribution < 1.29 is 13.5 Å². The molecule has 2 atom stereocenters. The Morgan fingerprint density at radius 1 is 1.58 bits per heavy atom. The van der Waals surface area contributed by atoms with Gasteiger partial charge in [0.25, 0.3) is 5.69 Å². The zero-order valence-corrected chi connectivity index (χ0v) is 13.5. The average molecular weight is 400 g/mol. The molecule has 0 spiro atoms. The summed E-state index contributed by atoms with van der Waals surface area (Å²) in [6.45, 7) is 1.81. The largest absolute Gasteiger partial charge is 0.377 e. The van der Waals surface area contributed by atoms with E-state index in [9.17, 15) is 18.7 Å². The van der Waals surface area contributed by atoms with E-state index >= 15 is 0 Å². The Bertz CT molecular complexity index is 513. The first-order valence-corrected chi connectivity index (χ1v) is 8.32. The molecule has 0 bridgehead atoms. The van der Waals surface area contributed by atoms with Crippen molar-refractivity contribution in [2.75, 3.05) is 17.3 Å². The molecule has 0 aliphatic carbocycles. The fourth-order valence-electron chi connectivity index (χ4n) is 1.48. The number of anilines is 1. The Hall–Kier alpha value is -0.770. The number of nitrogens with one attached hydrogen (secondary N) is 1. The van der Waals surface area contributed by atoms with Gasteiger partial charge in [-0.05, 0) is 35.9 Å². The first kappa shape index (κ1) is 16.3. The summed E-state index contributed by atoms with van der Waals surface area (Å²) in [5.41, 5.74) is -0.00688. The lowest BCUT2D eigenvalue weighted by molar-refractivity contribution is -0.384. The number of rotatable bonds is 6. The van der Waals surface area contributed by atoms with Crippen LogP contribution in [0.1, 0.15) is 13.3 Å². The van der Waals surface area contributed by atoms with Gasteiger partial charge < -0.3 is 5.32 Å². The maximum Gasteiger partial charge on any atom is 0.293 e. The highest BCUT2D eigenvalue weighted by molar-refractivity contribution is 14.1. The van der Waals surface area contributed by atoms with E-state index in [4.69, 9.17) is 0 Å². The van der Waals surface area contributed by atoms with E-state index in [1.165, 1.54) is 6.07 Å². The molecule has 0 amide bonds. The van der Waals surface area contributed by atoms with Gasteiger partial charge in [0, 0.05) is 41.0 Å². The first-order valence-electron chi connectivity index (χ1n) is 5.51. The van der Waals surface area contributed by atoms with Crippen molar-refractivity contribution in [2.45, 2.75) is 19.4 Å². The molecule has 1 aromatic rings. The second-order valence-corrected chi connectivity index (χ2v) is 6.87. The van der Waals surface area contributed by atoms with Gasteiger partial charge >= 0.3 is 0 Å². The van der Waals surface area contributed by atoms with Gasteiger partial charge in [0.1, 0.15) is 11.5 Å². The molecule has 0 fully saturated rings. The third-order valence-corrected chi connectivity index (χ3v) is 4.11. The highest BCUT2D eigenvalue weighted by atomic mass is 127. The molecule has 0 saturated heterocycles. The van der Waals surface area contributed by atoms with E-state index in [2.05, 4.69) is 5.32 Å². The number of nitro groups is 1. The lowest BCUT2D eigenvalue weighted by Crippen LogP contribution is -2.18. The van der Waals surface area contributed by atoms with Gasteiger partial charge in [0.05, 0.1) is 8.49 Å². The topological polar surface area (TPSA) is 72.2 Å². The standard InChI is InChI=1S/C11H14FIN2O3S/c1-7(3-4-19(2)18)14-10-5-8(12)9(13)6-11(10)15(16)17/h5-7,14H,3-4H2,1-2H3. The Labute approximate surface area is 126 Å². The second kappa shape index (κ2) is 7.13. The Morgan fingerprint density at radius 3 is 2.74 bits per heavy atom. The van der Waals surface area contributed by atoms with Crippen molar-refractivity contribution in [1.29, 1.82) is 0 Å². The maximum atomic E-state index is 13.5. The van der Waals surface area contributed by atoms with Crippen molar-refractivity contribution in [2.24, 2.45) is 0 Å². The molecule has 0 aliphatic heterocycles. The maximum absolute atomic E-state index is 13.5. The molecule has 0 aromatic heterocycles. The smallest absolute Gasteiger partial charge is 0.293 e. The molecule has 0 saturated carbocycles. The molecule has 0 heterocycles. The van der Waals surface area contributed by atoms with Gasteiger partial charge in [-0.25, -0.2) is 4.39 Å². The van der Waals surface area contributed by atoms with Crippen LogP contribution in [0.15, 0.2) is 12.1 Å². The third kappa shape index (κ3) is 5.01. The van der Waals surface area contributed by atoms with Gasteiger partial charge in [-0.15, -0.1) is 0 Å².